The molecule has 3 heteroatoms. The zero-order chi connectivity index (χ0) is 12.1. The molecular formula is C14H28N2O. The van der Waals surface area contributed by atoms with Gasteiger partial charge in [0.15, 0.2) is 0 Å². The lowest BCUT2D eigenvalue weighted by atomic mass is 10.0. The highest BCUT2D eigenvalue weighted by Gasteiger charge is 2.29. The minimum absolute atomic E-state index is 0.586. The summed E-state index contributed by atoms with van der Waals surface area (Å²) in [7, 11) is 1.82. The van der Waals surface area contributed by atoms with Crippen LogP contribution in [-0.2, 0) is 4.74 Å². The highest BCUT2D eigenvalue weighted by molar-refractivity contribution is 4.87. The number of likely N-dealkylation sites (tertiary alicyclic amines) is 1. The minimum atomic E-state index is 0.586. The zero-order valence-electron chi connectivity index (χ0n) is 11.5. The summed E-state index contributed by atoms with van der Waals surface area (Å²) in [6.07, 6.45) is 6.85. The van der Waals surface area contributed by atoms with Gasteiger partial charge in [0.05, 0.1) is 6.61 Å². The lowest BCUT2D eigenvalue weighted by Crippen LogP contribution is -2.44. The third-order valence-electron chi connectivity index (χ3n) is 4.11. The molecule has 0 aromatic heterocycles. The topological polar surface area (TPSA) is 24.5 Å². The number of hydrogen-bond acceptors (Lipinski definition) is 3. The van der Waals surface area contributed by atoms with Crippen LogP contribution in [0.25, 0.3) is 0 Å². The lowest BCUT2D eigenvalue weighted by molar-refractivity contribution is 0.101. The van der Waals surface area contributed by atoms with Crippen molar-refractivity contribution in [3.05, 3.63) is 0 Å². The summed E-state index contributed by atoms with van der Waals surface area (Å²) >= 11 is 0. The summed E-state index contributed by atoms with van der Waals surface area (Å²) < 4.78 is 5.38. The van der Waals surface area contributed by atoms with Crippen LogP contribution in [0.5, 0.6) is 0 Å². The average molecular weight is 240 g/mol. The van der Waals surface area contributed by atoms with Crippen molar-refractivity contribution in [2.45, 2.75) is 51.1 Å². The normalized spacial score (nSPS) is 27.5. The highest BCUT2D eigenvalue weighted by Crippen LogP contribution is 2.23. The Labute approximate surface area is 106 Å². The summed E-state index contributed by atoms with van der Waals surface area (Å²) in [4.78, 5) is 2.64. The van der Waals surface area contributed by atoms with Crippen LogP contribution < -0.4 is 5.32 Å². The number of nitrogens with one attached hydrogen (secondary N) is 1. The van der Waals surface area contributed by atoms with E-state index in [0.717, 1.165) is 25.1 Å². The molecule has 2 fully saturated rings. The van der Waals surface area contributed by atoms with Gasteiger partial charge in [0, 0.05) is 32.3 Å². The maximum atomic E-state index is 5.38. The van der Waals surface area contributed by atoms with Crippen molar-refractivity contribution in [3.8, 4) is 0 Å². The van der Waals surface area contributed by atoms with Gasteiger partial charge in [0.1, 0.15) is 0 Å². The molecule has 2 atom stereocenters. The first kappa shape index (κ1) is 13.3. The molecule has 1 aliphatic carbocycles. The molecule has 1 saturated carbocycles. The van der Waals surface area contributed by atoms with Crippen LogP contribution in [0, 0.1) is 5.92 Å². The van der Waals surface area contributed by atoms with Crippen LogP contribution in [0.1, 0.15) is 39.0 Å². The monoisotopic (exact) mass is 240 g/mol. The first-order chi connectivity index (χ1) is 8.33. The first-order valence-electron chi connectivity index (χ1n) is 7.29. The predicted octanol–water partition coefficient (Wildman–Crippen LogP) is 1.88. The van der Waals surface area contributed by atoms with Gasteiger partial charge in [-0.25, -0.2) is 0 Å². The van der Waals surface area contributed by atoms with E-state index in [4.69, 9.17) is 4.74 Å². The maximum absolute atomic E-state index is 5.38. The fourth-order valence-corrected chi connectivity index (χ4v) is 2.91. The number of hydrogen-bond donors (Lipinski definition) is 1. The third-order valence-corrected chi connectivity index (χ3v) is 4.11. The standard InChI is InChI=1S/C14H28N2O/c1-3-4-12-7-8-16(10-12)14(11-17-2)9-15-13-5-6-13/h12-15H,3-11H2,1-2H3. The highest BCUT2D eigenvalue weighted by atomic mass is 16.5. The summed E-state index contributed by atoms with van der Waals surface area (Å²) in [6, 6.07) is 1.39. The van der Waals surface area contributed by atoms with Crippen molar-refractivity contribution >= 4 is 0 Å². The smallest absolute Gasteiger partial charge is 0.0630 e. The quantitative estimate of drug-likeness (QED) is 0.701. The van der Waals surface area contributed by atoms with E-state index in [1.54, 1.807) is 0 Å². The van der Waals surface area contributed by atoms with Crippen molar-refractivity contribution in [2.24, 2.45) is 5.92 Å². The SMILES string of the molecule is CCCC1CCN(C(CNC2CC2)COC)C1. The number of ether oxygens (including phenoxy) is 1. The van der Waals surface area contributed by atoms with E-state index < -0.39 is 0 Å². The Morgan fingerprint density at radius 2 is 2.18 bits per heavy atom. The number of rotatable bonds is 8. The van der Waals surface area contributed by atoms with Crippen LogP contribution >= 0.6 is 0 Å². The molecule has 1 saturated heterocycles. The molecule has 1 aliphatic heterocycles. The van der Waals surface area contributed by atoms with Crippen molar-refractivity contribution < 1.29 is 4.74 Å². The van der Waals surface area contributed by atoms with Gasteiger partial charge < -0.3 is 10.1 Å². The molecular weight excluding hydrogens is 212 g/mol. The van der Waals surface area contributed by atoms with E-state index in [0.29, 0.717) is 6.04 Å². The molecule has 0 radical (unpaired) electrons. The summed E-state index contributed by atoms with van der Waals surface area (Å²) in [5.74, 6) is 0.931. The van der Waals surface area contributed by atoms with Crippen LogP contribution in [0.4, 0.5) is 0 Å². The summed E-state index contributed by atoms with van der Waals surface area (Å²) in [5.41, 5.74) is 0. The maximum Gasteiger partial charge on any atom is 0.0630 e. The zero-order valence-corrected chi connectivity index (χ0v) is 11.5. The molecule has 100 valence electrons. The molecule has 1 N–H and O–H groups in total. The largest absolute Gasteiger partial charge is 0.383 e. The molecule has 2 unspecified atom stereocenters. The van der Waals surface area contributed by atoms with Crippen LogP contribution in [0.2, 0.25) is 0 Å². The molecule has 3 nitrogen and oxygen atoms in total. The van der Waals surface area contributed by atoms with E-state index in [-0.39, 0.29) is 0 Å². The molecule has 0 bridgehead atoms. The molecule has 0 amide bonds. The molecule has 0 spiro atoms. The van der Waals surface area contributed by atoms with Gasteiger partial charge in [-0.3, -0.25) is 4.90 Å². The fourth-order valence-electron chi connectivity index (χ4n) is 2.91. The van der Waals surface area contributed by atoms with Gasteiger partial charge in [0.2, 0.25) is 0 Å². The third kappa shape index (κ3) is 4.23. The predicted molar refractivity (Wildman–Crippen MR) is 71.3 cm³/mol. The van der Waals surface area contributed by atoms with E-state index in [9.17, 15) is 0 Å². The van der Waals surface area contributed by atoms with Crippen molar-refractivity contribution in [2.75, 3.05) is 33.4 Å². The van der Waals surface area contributed by atoms with Crippen LogP contribution in [-0.4, -0.2) is 50.3 Å². The molecule has 17 heavy (non-hydrogen) atoms. The second-order valence-corrected chi connectivity index (χ2v) is 5.73. The van der Waals surface area contributed by atoms with Crippen molar-refractivity contribution in [3.63, 3.8) is 0 Å². The second-order valence-electron chi connectivity index (χ2n) is 5.73. The van der Waals surface area contributed by atoms with Gasteiger partial charge in [-0.2, -0.15) is 0 Å². The molecule has 0 aromatic carbocycles. The summed E-state index contributed by atoms with van der Waals surface area (Å²) in [6.45, 7) is 6.83. The van der Waals surface area contributed by atoms with E-state index in [1.807, 2.05) is 7.11 Å². The van der Waals surface area contributed by atoms with Gasteiger partial charge in [-0.15, -0.1) is 0 Å². The lowest BCUT2D eigenvalue weighted by Gasteiger charge is -2.27. The van der Waals surface area contributed by atoms with Crippen LogP contribution in [0.3, 0.4) is 0 Å². The first-order valence-corrected chi connectivity index (χ1v) is 7.29. The Morgan fingerprint density at radius 1 is 1.35 bits per heavy atom. The van der Waals surface area contributed by atoms with Gasteiger partial charge in [-0.05, 0) is 38.1 Å². The molecule has 2 aliphatic rings. The van der Waals surface area contributed by atoms with E-state index >= 15 is 0 Å². The Bertz CT molecular complexity index is 218. The fraction of sp³-hybridized carbons (Fsp3) is 1.00. The van der Waals surface area contributed by atoms with Crippen molar-refractivity contribution in [1.82, 2.24) is 10.2 Å². The Hall–Kier alpha value is -0.120. The van der Waals surface area contributed by atoms with Crippen molar-refractivity contribution in [1.29, 1.82) is 0 Å². The molecule has 2 rings (SSSR count). The second kappa shape index (κ2) is 6.72. The molecule has 1 heterocycles. The van der Waals surface area contributed by atoms with E-state index in [1.165, 1.54) is 45.2 Å². The number of methoxy groups -OCH3 is 1. The van der Waals surface area contributed by atoms with E-state index in [2.05, 4.69) is 17.1 Å². The molecule has 0 aromatic rings. The Kier molecular flexibility index (Phi) is 5.26. The van der Waals surface area contributed by atoms with Crippen LogP contribution in [0.15, 0.2) is 0 Å². The Morgan fingerprint density at radius 3 is 2.82 bits per heavy atom. The minimum Gasteiger partial charge on any atom is -0.383 e. The van der Waals surface area contributed by atoms with Gasteiger partial charge in [-0.1, -0.05) is 13.3 Å². The van der Waals surface area contributed by atoms with Gasteiger partial charge in [0.25, 0.3) is 0 Å². The average Bonchev–Trinajstić information content (AvgIpc) is 3.04. The Balaban J connectivity index is 1.74. The summed E-state index contributed by atoms with van der Waals surface area (Å²) in [5, 5.41) is 3.64. The van der Waals surface area contributed by atoms with Gasteiger partial charge >= 0.3 is 0 Å². The number of nitrogens with zero attached hydrogens (tertiary/aromatic N) is 1.